The van der Waals surface area contributed by atoms with Crippen molar-refractivity contribution in [3.05, 3.63) is 34.6 Å². The van der Waals surface area contributed by atoms with E-state index < -0.39 is 0 Å². The molecule has 0 bridgehead atoms. The maximum Gasteiger partial charge on any atom is 0.142 e. The Bertz CT molecular complexity index is 297. The summed E-state index contributed by atoms with van der Waals surface area (Å²) in [4.78, 5) is 0. The second kappa shape index (κ2) is 3.04. The van der Waals surface area contributed by atoms with Gasteiger partial charge in [-0.15, -0.1) is 0 Å². The molecule has 1 heterocycles. The summed E-state index contributed by atoms with van der Waals surface area (Å²) in [5, 5.41) is 3.41. The van der Waals surface area contributed by atoms with Gasteiger partial charge in [0.25, 0.3) is 0 Å². The van der Waals surface area contributed by atoms with Crippen molar-refractivity contribution in [1.82, 2.24) is 5.32 Å². The third-order valence-electron chi connectivity index (χ3n) is 2.20. The summed E-state index contributed by atoms with van der Waals surface area (Å²) in [7, 11) is 0. The van der Waals surface area contributed by atoms with Gasteiger partial charge in [0.15, 0.2) is 0 Å². The van der Waals surface area contributed by atoms with Crippen molar-refractivity contribution in [3.63, 3.8) is 0 Å². The van der Waals surface area contributed by atoms with Gasteiger partial charge in [-0.3, -0.25) is 0 Å². The van der Waals surface area contributed by atoms with Crippen LogP contribution in [-0.2, 0) is 0 Å². The average Bonchev–Trinajstić information content (AvgIpc) is 1.95. The Kier molecular flexibility index (Phi) is 2.03. The zero-order valence-corrected chi connectivity index (χ0v) is 7.24. The lowest BCUT2D eigenvalue weighted by Gasteiger charge is -2.28. The molecule has 1 nitrogen and oxygen atoms in total. The van der Waals surface area contributed by atoms with Gasteiger partial charge in [-0.05, 0) is 11.6 Å². The second-order valence-corrected chi connectivity index (χ2v) is 3.38. The molecule has 1 saturated heterocycles. The molecule has 64 valence electrons. The SMILES string of the molecule is Fc1cccc(C2CNC2)c1Cl. The van der Waals surface area contributed by atoms with Gasteiger partial charge < -0.3 is 5.32 Å². The van der Waals surface area contributed by atoms with Crippen LogP contribution in [0.4, 0.5) is 4.39 Å². The van der Waals surface area contributed by atoms with Gasteiger partial charge in [-0.2, -0.15) is 0 Å². The number of hydrogen-bond acceptors (Lipinski definition) is 1. The Morgan fingerprint density at radius 2 is 2.17 bits per heavy atom. The first-order valence-corrected chi connectivity index (χ1v) is 4.31. The largest absolute Gasteiger partial charge is 0.315 e. The van der Waals surface area contributed by atoms with Gasteiger partial charge in [-0.1, -0.05) is 23.7 Å². The lowest BCUT2D eigenvalue weighted by Crippen LogP contribution is -2.40. The fourth-order valence-electron chi connectivity index (χ4n) is 1.34. The minimum Gasteiger partial charge on any atom is -0.315 e. The average molecular weight is 186 g/mol. The normalized spacial score (nSPS) is 17.5. The van der Waals surface area contributed by atoms with Crippen LogP contribution < -0.4 is 5.32 Å². The molecule has 0 aromatic heterocycles. The molecule has 1 aliphatic rings. The van der Waals surface area contributed by atoms with Crippen LogP contribution in [0.3, 0.4) is 0 Å². The lowest BCUT2D eigenvalue weighted by atomic mass is 9.94. The van der Waals surface area contributed by atoms with Crippen LogP contribution in [0.5, 0.6) is 0 Å². The monoisotopic (exact) mass is 185 g/mol. The van der Waals surface area contributed by atoms with E-state index in [2.05, 4.69) is 5.32 Å². The van der Waals surface area contributed by atoms with Crippen LogP contribution in [0.1, 0.15) is 11.5 Å². The molecule has 12 heavy (non-hydrogen) atoms. The van der Waals surface area contributed by atoms with Crippen molar-refractivity contribution >= 4 is 11.6 Å². The quantitative estimate of drug-likeness (QED) is 0.707. The molecule has 1 aromatic carbocycles. The van der Waals surface area contributed by atoms with Crippen molar-refractivity contribution in [1.29, 1.82) is 0 Å². The van der Waals surface area contributed by atoms with Crippen molar-refractivity contribution in [3.8, 4) is 0 Å². The molecule has 1 N–H and O–H groups in total. The van der Waals surface area contributed by atoms with E-state index in [0.29, 0.717) is 5.92 Å². The third kappa shape index (κ3) is 1.21. The molecule has 1 fully saturated rings. The Morgan fingerprint density at radius 3 is 2.75 bits per heavy atom. The maximum atomic E-state index is 12.9. The van der Waals surface area contributed by atoms with E-state index in [1.54, 1.807) is 6.07 Å². The van der Waals surface area contributed by atoms with E-state index in [4.69, 9.17) is 11.6 Å². The molecule has 1 aromatic rings. The fourth-order valence-corrected chi connectivity index (χ4v) is 1.62. The minimum absolute atomic E-state index is 0.281. The highest BCUT2D eigenvalue weighted by molar-refractivity contribution is 6.31. The molecule has 2 rings (SSSR count). The van der Waals surface area contributed by atoms with Gasteiger partial charge in [0.05, 0.1) is 5.02 Å². The van der Waals surface area contributed by atoms with Crippen LogP contribution in [0, 0.1) is 5.82 Å². The number of hydrogen-bond donors (Lipinski definition) is 1. The van der Waals surface area contributed by atoms with Gasteiger partial charge in [0.1, 0.15) is 5.82 Å². The zero-order valence-electron chi connectivity index (χ0n) is 6.48. The van der Waals surface area contributed by atoms with Crippen molar-refractivity contribution in [2.45, 2.75) is 5.92 Å². The van der Waals surface area contributed by atoms with Gasteiger partial charge in [-0.25, -0.2) is 4.39 Å². The molecule has 0 radical (unpaired) electrons. The molecular weight excluding hydrogens is 177 g/mol. The number of benzene rings is 1. The third-order valence-corrected chi connectivity index (χ3v) is 2.60. The highest BCUT2D eigenvalue weighted by atomic mass is 35.5. The van der Waals surface area contributed by atoms with Crippen LogP contribution in [-0.4, -0.2) is 13.1 Å². The first-order valence-electron chi connectivity index (χ1n) is 3.93. The predicted octanol–water partition coefficient (Wildman–Crippen LogP) is 2.17. The summed E-state index contributed by atoms with van der Waals surface area (Å²) in [5.41, 5.74) is 0.926. The summed E-state index contributed by atoms with van der Waals surface area (Å²) < 4.78 is 12.9. The van der Waals surface area contributed by atoms with E-state index in [0.717, 1.165) is 18.7 Å². The summed E-state index contributed by atoms with van der Waals surface area (Å²) in [6, 6.07) is 4.98. The number of halogens is 2. The van der Waals surface area contributed by atoms with Crippen molar-refractivity contribution in [2.75, 3.05) is 13.1 Å². The topological polar surface area (TPSA) is 12.0 Å². The molecule has 0 saturated carbocycles. The van der Waals surface area contributed by atoms with Crippen LogP contribution in [0.2, 0.25) is 5.02 Å². The summed E-state index contributed by atoms with van der Waals surface area (Å²) in [6.45, 7) is 1.81. The van der Waals surface area contributed by atoms with Crippen LogP contribution in [0.15, 0.2) is 18.2 Å². The second-order valence-electron chi connectivity index (χ2n) is 3.00. The van der Waals surface area contributed by atoms with E-state index in [1.807, 2.05) is 6.07 Å². The van der Waals surface area contributed by atoms with E-state index >= 15 is 0 Å². The Balaban J connectivity index is 2.36. The van der Waals surface area contributed by atoms with Crippen LogP contribution in [0.25, 0.3) is 0 Å². The standard InChI is InChI=1S/C9H9ClFN/c10-9-7(6-4-12-5-6)2-1-3-8(9)11/h1-3,6,12H,4-5H2. The molecule has 0 spiro atoms. The predicted molar refractivity (Wildman–Crippen MR) is 47.0 cm³/mol. The first kappa shape index (κ1) is 8.02. The summed E-state index contributed by atoms with van der Waals surface area (Å²) in [6.07, 6.45) is 0. The van der Waals surface area contributed by atoms with E-state index in [1.165, 1.54) is 6.07 Å². The number of nitrogens with one attached hydrogen (secondary N) is 1. The van der Waals surface area contributed by atoms with Crippen molar-refractivity contribution < 1.29 is 4.39 Å². The Labute approximate surface area is 75.5 Å². The van der Waals surface area contributed by atoms with Crippen molar-refractivity contribution in [2.24, 2.45) is 0 Å². The highest BCUT2D eigenvalue weighted by Gasteiger charge is 2.22. The first-order chi connectivity index (χ1) is 5.79. The van der Waals surface area contributed by atoms with E-state index in [9.17, 15) is 4.39 Å². The van der Waals surface area contributed by atoms with Gasteiger partial charge in [0.2, 0.25) is 0 Å². The molecule has 0 atom stereocenters. The van der Waals surface area contributed by atoms with E-state index in [-0.39, 0.29) is 10.8 Å². The van der Waals surface area contributed by atoms with Gasteiger partial charge in [0, 0.05) is 19.0 Å². The zero-order chi connectivity index (χ0) is 8.55. The van der Waals surface area contributed by atoms with Crippen LogP contribution >= 0.6 is 11.6 Å². The highest BCUT2D eigenvalue weighted by Crippen LogP contribution is 2.28. The Hall–Kier alpha value is -0.600. The smallest absolute Gasteiger partial charge is 0.142 e. The molecule has 1 aliphatic heterocycles. The molecule has 0 aliphatic carbocycles. The fraction of sp³-hybridized carbons (Fsp3) is 0.333. The summed E-state index contributed by atoms with van der Waals surface area (Å²) >= 11 is 5.80. The Morgan fingerprint density at radius 1 is 1.42 bits per heavy atom. The molecular formula is C9H9ClFN. The number of rotatable bonds is 1. The van der Waals surface area contributed by atoms with Gasteiger partial charge >= 0.3 is 0 Å². The molecule has 0 unspecified atom stereocenters. The molecule has 3 heteroatoms. The molecule has 0 amide bonds. The maximum absolute atomic E-state index is 12.9. The summed E-state index contributed by atoms with van der Waals surface area (Å²) in [5.74, 6) is 0.0780. The lowest BCUT2D eigenvalue weighted by molar-refractivity contribution is 0.446. The minimum atomic E-state index is -0.318.